The molecular formula is C22H24FN3O4. The Morgan fingerprint density at radius 3 is 2.37 bits per heavy atom. The smallest absolute Gasteiger partial charge is 0.320 e. The first-order chi connectivity index (χ1) is 14.5. The maximum Gasteiger partial charge on any atom is 0.320 e. The Bertz CT molecular complexity index is 944. The second kappa shape index (κ2) is 8.61. The van der Waals surface area contributed by atoms with Gasteiger partial charge in [-0.15, -0.1) is 0 Å². The Kier molecular flexibility index (Phi) is 5.74. The van der Waals surface area contributed by atoms with Crippen LogP contribution in [0.3, 0.4) is 0 Å². The van der Waals surface area contributed by atoms with Crippen LogP contribution in [0.15, 0.2) is 42.5 Å². The number of carbonyl (C=O) groups is 2. The summed E-state index contributed by atoms with van der Waals surface area (Å²) in [5.41, 5.74) is -0.143. The van der Waals surface area contributed by atoms with Gasteiger partial charge in [-0.3, -0.25) is 4.79 Å². The molecular weight excluding hydrogens is 389 g/mol. The highest BCUT2D eigenvalue weighted by Gasteiger charge is 2.41. The molecule has 3 amide bonds. The molecule has 0 unspecified atom stereocenters. The largest absolute Gasteiger partial charge is 0.486 e. The topological polar surface area (TPSA) is 88.7 Å². The molecule has 2 aliphatic rings. The molecule has 158 valence electrons. The molecule has 1 aliphatic carbocycles. The zero-order valence-corrected chi connectivity index (χ0v) is 16.5. The fourth-order valence-electron chi connectivity index (χ4n) is 3.88. The molecule has 0 atom stereocenters. The summed E-state index contributed by atoms with van der Waals surface area (Å²) in [5, 5.41) is 8.35. The molecule has 1 heterocycles. The standard InChI is InChI=1S/C22H24FN3O4/c23-15-5-4-6-16(13-15)25-21(28)26-22(9-2-1-3-10-22)20(27)24-17-7-8-18-19(14-17)30-12-11-29-18/h4-8,13-14H,1-3,9-12H2,(H,24,27)(H2,25,26,28). The van der Waals surface area contributed by atoms with Crippen molar-refractivity contribution in [1.82, 2.24) is 5.32 Å². The lowest BCUT2D eigenvalue weighted by molar-refractivity contribution is -0.123. The van der Waals surface area contributed by atoms with Crippen molar-refractivity contribution >= 4 is 23.3 Å². The van der Waals surface area contributed by atoms with Gasteiger partial charge in [0, 0.05) is 17.4 Å². The fraction of sp³-hybridized carbons (Fsp3) is 0.364. The van der Waals surface area contributed by atoms with Crippen LogP contribution in [0.25, 0.3) is 0 Å². The third-order valence-electron chi connectivity index (χ3n) is 5.38. The van der Waals surface area contributed by atoms with E-state index in [4.69, 9.17) is 9.47 Å². The van der Waals surface area contributed by atoms with Gasteiger partial charge in [-0.05, 0) is 43.2 Å². The van der Waals surface area contributed by atoms with Crippen molar-refractivity contribution in [2.24, 2.45) is 0 Å². The summed E-state index contributed by atoms with van der Waals surface area (Å²) in [6, 6.07) is 10.3. The number of benzene rings is 2. The molecule has 0 aromatic heterocycles. The van der Waals surface area contributed by atoms with Gasteiger partial charge in [-0.1, -0.05) is 25.3 Å². The van der Waals surface area contributed by atoms with E-state index in [1.807, 2.05) is 0 Å². The SMILES string of the molecule is O=C(Nc1cccc(F)c1)NC1(C(=O)Nc2ccc3c(c2)OCCO3)CCCCC1. The van der Waals surface area contributed by atoms with Crippen LogP contribution in [0.1, 0.15) is 32.1 Å². The monoisotopic (exact) mass is 413 g/mol. The normalized spacial score (nSPS) is 17.0. The Morgan fingerprint density at radius 1 is 0.867 bits per heavy atom. The Morgan fingerprint density at radius 2 is 1.60 bits per heavy atom. The minimum absolute atomic E-state index is 0.284. The molecule has 0 saturated heterocycles. The molecule has 30 heavy (non-hydrogen) atoms. The van der Waals surface area contributed by atoms with Crippen LogP contribution < -0.4 is 25.4 Å². The zero-order chi connectivity index (χ0) is 21.0. The molecule has 0 radical (unpaired) electrons. The second-order valence-electron chi connectivity index (χ2n) is 7.54. The van der Waals surface area contributed by atoms with Crippen LogP contribution in [0.5, 0.6) is 11.5 Å². The van der Waals surface area contributed by atoms with Crippen LogP contribution in [-0.4, -0.2) is 30.7 Å². The Labute approximate surface area is 173 Å². The number of hydrogen-bond donors (Lipinski definition) is 3. The van der Waals surface area contributed by atoms with Crippen molar-refractivity contribution in [2.75, 3.05) is 23.8 Å². The van der Waals surface area contributed by atoms with Crippen molar-refractivity contribution in [2.45, 2.75) is 37.6 Å². The minimum atomic E-state index is -1.04. The first kappa shape index (κ1) is 20.0. The van der Waals surface area contributed by atoms with Gasteiger partial charge in [0.1, 0.15) is 24.6 Å². The lowest BCUT2D eigenvalue weighted by Gasteiger charge is -2.36. The molecule has 0 bridgehead atoms. The van der Waals surface area contributed by atoms with Gasteiger partial charge < -0.3 is 25.4 Å². The van der Waals surface area contributed by atoms with Crippen LogP contribution in [-0.2, 0) is 4.79 Å². The first-order valence-electron chi connectivity index (χ1n) is 10.1. The number of fused-ring (bicyclic) bond motifs is 1. The number of urea groups is 1. The van der Waals surface area contributed by atoms with E-state index < -0.39 is 17.4 Å². The van der Waals surface area contributed by atoms with E-state index >= 15 is 0 Å². The predicted octanol–water partition coefficient (Wildman–Crippen LogP) is 4.06. The first-order valence-corrected chi connectivity index (χ1v) is 10.1. The third-order valence-corrected chi connectivity index (χ3v) is 5.38. The number of ether oxygens (including phenoxy) is 2. The van der Waals surface area contributed by atoms with Gasteiger partial charge in [0.25, 0.3) is 0 Å². The number of amides is 3. The van der Waals surface area contributed by atoms with Gasteiger partial charge in [-0.2, -0.15) is 0 Å². The average Bonchev–Trinajstić information content (AvgIpc) is 2.74. The Hall–Kier alpha value is -3.29. The van der Waals surface area contributed by atoms with E-state index in [0.717, 1.165) is 19.3 Å². The highest BCUT2D eigenvalue weighted by molar-refractivity contribution is 6.02. The molecule has 4 rings (SSSR count). The van der Waals surface area contributed by atoms with E-state index in [1.165, 1.54) is 18.2 Å². The molecule has 1 saturated carbocycles. The predicted molar refractivity (Wildman–Crippen MR) is 110 cm³/mol. The lowest BCUT2D eigenvalue weighted by atomic mass is 9.81. The Balaban J connectivity index is 1.48. The van der Waals surface area contributed by atoms with Crippen LogP contribution >= 0.6 is 0 Å². The molecule has 1 fully saturated rings. The molecule has 2 aromatic carbocycles. The van der Waals surface area contributed by atoms with Crippen LogP contribution in [0, 0.1) is 5.82 Å². The van der Waals surface area contributed by atoms with E-state index in [9.17, 15) is 14.0 Å². The molecule has 3 N–H and O–H groups in total. The summed E-state index contributed by atoms with van der Waals surface area (Å²) in [7, 11) is 0. The summed E-state index contributed by atoms with van der Waals surface area (Å²) < 4.78 is 24.5. The lowest BCUT2D eigenvalue weighted by Crippen LogP contribution is -2.58. The van der Waals surface area contributed by atoms with Crippen LogP contribution in [0.4, 0.5) is 20.6 Å². The summed E-state index contributed by atoms with van der Waals surface area (Å²) in [6.07, 6.45) is 3.72. The molecule has 0 spiro atoms. The van der Waals surface area contributed by atoms with E-state index in [2.05, 4.69) is 16.0 Å². The summed E-state index contributed by atoms with van der Waals surface area (Å²) in [4.78, 5) is 25.8. The van der Waals surface area contributed by atoms with E-state index in [1.54, 1.807) is 24.3 Å². The van der Waals surface area contributed by atoms with Gasteiger partial charge in [0.15, 0.2) is 11.5 Å². The molecule has 1 aliphatic heterocycles. The van der Waals surface area contributed by atoms with Crippen molar-refractivity contribution in [3.63, 3.8) is 0 Å². The number of anilines is 2. The van der Waals surface area contributed by atoms with Crippen molar-refractivity contribution in [1.29, 1.82) is 0 Å². The summed E-state index contributed by atoms with van der Waals surface area (Å²) in [6.45, 7) is 0.947. The van der Waals surface area contributed by atoms with Crippen LogP contribution in [0.2, 0.25) is 0 Å². The maximum atomic E-state index is 13.4. The maximum absolute atomic E-state index is 13.4. The quantitative estimate of drug-likeness (QED) is 0.705. The van der Waals surface area contributed by atoms with Gasteiger partial charge in [0.05, 0.1) is 0 Å². The highest BCUT2D eigenvalue weighted by Crippen LogP contribution is 2.34. The zero-order valence-electron chi connectivity index (χ0n) is 16.5. The number of halogens is 1. The third kappa shape index (κ3) is 4.48. The summed E-state index contributed by atoms with van der Waals surface area (Å²) >= 11 is 0. The molecule has 8 heteroatoms. The summed E-state index contributed by atoms with van der Waals surface area (Å²) in [5.74, 6) is 0.484. The van der Waals surface area contributed by atoms with E-state index in [-0.39, 0.29) is 5.91 Å². The number of nitrogens with one attached hydrogen (secondary N) is 3. The fourth-order valence-corrected chi connectivity index (χ4v) is 3.88. The molecule has 2 aromatic rings. The number of hydrogen-bond acceptors (Lipinski definition) is 4. The van der Waals surface area contributed by atoms with E-state index in [0.29, 0.717) is 48.9 Å². The highest BCUT2D eigenvalue weighted by atomic mass is 19.1. The van der Waals surface area contributed by atoms with Gasteiger partial charge >= 0.3 is 6.03 Å². The van der Waals surface area contributed by atoms with Gasteiger partial charge in [-0.25, -0.2) is 9.18 Å². The molecule has 7 nitrogen and oxygen atoms in total. The second-order valence-corrected chi connectivity index (χ2v) is 7.54. The number of rotatable bonds is 4. The minimum Gasteiger partial charge on any atom is -0.486 e. The van der Waals surface area contributed by atoms with Crippen molar-refractivity contribution in [3.8, 4) is 11.5 Å². The average molecular weight is 413 g/mol. The van der Waals surface area contributed by atoms with Crippen molar-refractivity contribution in [3.05, 3.63) is 48.3 Å². The van der Waals surface area contributed by atoms with Gasteiger partial charge in [0.2, 0.25) is 5.91 Å². The van der Waals surface area contributed by atoms with Crippen molar-refractivity contribution < 1.29 is 23.5 Å². The number of carbonyl (C=O) groups excluding carboxylic acids is 2.